The summed E-state index contributed by atoms with van der Waals surface area (Å²) in [5, 5.41) is 11.5. The maximum Gasteiger partial charge on any atom is 0.336 e. The number of aliphatic hydroxyl groups is 1. The Labute approximate surface area is 195 Å². The van der Waals surface area contributed by atoms with Crippen molar-refractivity contribution in [3.05, 3.63) is 57.7 Å². The quantitative estimate of drug-likeness (QED) is 0.545. The van der Waals surface area contributed by atoms with Crippen molar-refractivity contribution in [2.24, 2.45) is 17.3 Å². The highest BCUT2D eigenvalue weighted by Gasteiger charge is 2.71. The molecule has 4 heteroatoms. The Kier molecular flexibility index (Phi) is 5.04. The van der Waals surface area contributed by atoms with Crippen molar-refractivity contribution in [2.75, 3.05) is 0 Å². The van der Waals surface area contributed by atoms with Crippen LogP contribution in [0.4, 0.5) is 8.78 Å². The summed E-state index contributed by atoms with van der Waals surface area (Å²) in [6, 6.07) is 6.44. The first-order valence-electron chi connectivity index (χ1n) is 12.1. The van der Waals surface area contributed by atoms with Gasteiger partial charge >= 0.3 is 5.92 Å². The molecule has 4 aliphatic rings. The standard InChI is InChI=1S/C29H32F2O2/c1-5-29(30,31)28(33)11-10-25-23-8-6-19-15-21(32)7-9-22(19)26(23)24(16-27(25,28)4)20-13-17(2)12-18(3)14-20/h1,12-15,23-25,33H,6-11,16H2,2-4H3/t23?,24-,25?,27+,28+/m1/s1. The summed E-state index contributed by atoms with van der Waals surface area (Å²) < 4.78 is 30.2. The summed E-state index contributed by atoms with van der Waals surface area (Å²) in [5.41, 5.74) is 3.93. The molecule has 0 radical (unpaired) electrons. The molecular formula is C29H32F2O2. The van der Waals surface area contributed by atoms with Crippen LogP contribution in [-0.4, -0.2) is 22.4 Å². The van der Waals surface area contributed by atoms with Gasteiger partial charge in [-0.15, -0.1) is 6.42 Å². The molecule has 0 aliphatic heterocycles. The molecule has 0 amide bonds. The van der Waals surface area contributed by atoms with Crippen molar-refractivity contribution >= 4 is 5.78 Å². The smallest absolute Gasteiger partial charge is 0.336 e. The van der Waals surface area contributed by atoms with E-state index in [0.29, 0.717) is 19.3 Å². The first-order valence-corrected chi connectivity index (χ1v) is 12.1. The predicted octanol–water partition coefficient (Wildman–Crippen LogP) is 6.20. The molecule has 2 unspecified atom stereocenters. The van der Waals surface area contributed by atoms with E-state index in [0.717, 1.165) is 41.5 Å². The Morgan fingerprint density at radius 1 is 1.12 bits per heavy atom. The predicted molar refractivity (Wildman–Crippen MR) is 125 cm³/mol. The zero-order valence-corrected chi connectivity index (χ0v) is 19.7. The molecular weight excluding hydrogens is 418 g/mol. The van der Waals surface area contributed by atoms with E-state index in [-0.39, 0.29) is 30.0 Å². The number of allylic oxidation sites excluding steroid dienone is 4. The molecule has 2 fully saturated rings. The van der Waals surface area contributed by atoms with Crippen molar-refractivity contribution < 1.29 is 18.7 Å². The lowest BCUT2D eigenvalue weighted by atomic mass is 9.50. The van der Waals surface area contributed by atoms with Crippen LogP contribution in [0.5, 0.6) is 0 Å². The fraction of sp³-hybridized carbons (Fsp3) is 0.552. The maximum absolute atomic E-state index is 15.1. The van der Waals surface area contributed by atoms with E-state index in [9.17, 15) is 9.90 Å². The first-order chi connectivity index (χ1) is 15.5. The Morgan fingerprint density at radius 3 is 2.48 bits per heavy atom. The van der Waals surface area contributed by atoms with Crippen LogP contribution in [0, 0.1) is 43.4 Å². The molecule has 1 N–H and O–H groups in total. The number of carbonyl (C=O) groups excluding carboxylic acids is 1. The van der Waals surface area contributed by atoms with Crippen molar-refractivity contribution in [2.45, 2.75) is 83.2 Å². The first kappa shape index (κ1) is 22.5. The molecule has 0 heterocycles. The lowest BCUT2D eigenvalue weighted by molar-refractivity contribution is -0.209. The summed E-state index contributed by atoms with van der Waals surface area (Å²) in [4.78, 5) is 12.1. The number of rotatable bonds is 2. The second kappa shape index (κ2) is 7.37. The van der Waals surface area contributed by atoms with Gasteiger partial charge in [-0.25, -0.2) is 0 Å². The third kappa shape index (κ3) is 3.12. The van der Waals surface area contributed by atoms with Gasteiger partial charge in [-0.2, -0.15) is 8.78 Å². The highest BCUT2D eigenvalue weighted by molar-refractivity contribution is 5.93. The minimum absolute atomic E-state index is 0.0191. The largest absolute Gasteiger partial charge is 0.382 e. The molecule has 2 nitrogen and oxygen atoms in total. The van der Waals surface area contributed by atoms with Gasteiger partial charge in [0.05, 0.1) is 0 Å². The van der Waals surface area contributed by atoms with E-state index >= 15 is 8.78 Å². The third-order valence-corrected chi connectivity index (χ3v) is 9.23. The van der Waals surface area contributed by atoms with Gasteiger partial charge < -0.3 is 5.11 Å². The van der Waals surface area contributed by atoms with E-state index in [2.05, 4.69) is 32.0 Å². The second-order valence-electron chi connectivity index (χ2n) is 11.0. The molecule has 0 saturated heterocycles. The van der Waals surface area contributed by atoms with E-state index in [1.54, 1.807) is 5.92 Å². The zero-order chi connectivity index (χ0) is 23.8. The van der Waals surface area contributed by atoms with Crippen LogP contribution >= 0.6 is 0 Å². The van der Waals surface area contributed by atoms with E-state index in [1.807, 2.05) is 13.0 Å². The SMILES string of the molecule is C#CC(F)(F)[C@]1(O)CCC2C3CCC4=CC(=O)CCC4=C3[C@@H](c3cc(C)cc(C)c3)C[C@@]21C. The Morgan fingerprint density at radius 2 is 1.82 bits per heavy atom. The van der Waals surface area contributed by atoms with Gasteiger partial charge in [0.2, 0.25) is 0 Å². The van der Waals surface area contributed by atoms with Gasteiger partial charge in [-0.3, -0.25) is 4.79 Å². The van der Waals surface area contributed by atoms with Gasteiger partial charge in [-0.1, -0.05) is 41.8 Å². The van der Waals surface area contributed by atoms with Crippen LogP contribution in [0.15, 0.2) is 41.0 Å². The van der Waals surface area contributed by atoms with Crippen molar-refractivity contribution in [3.8, 4) is 12.3 Å². The van der Waals surface area contributed by atoms with Crippen LogP contribution in [0.1, 0.15) is 74.5 Å². The molecule has 5 rings (SSSR count). The Bertz CT molecular complexity index is 1120. The minimum Gasteiger partial charge on any atom is -0.382 e. The normalized spacial score (nSPS) is 36.0. The average molecular weight is 451 g/mol. The van der Waals surface area contributed by atoms with Crippen LogP contribution in [0.3, 0.4) is 0 Å². The summed E-state index contributed by atoms with van der Waals surface area (Å²) >= 11 is 0. The molecule has 1 aromatic carbocycles. The van der Waals surface area contributed by atoms with Crippen LogP contribution in [0.2, 0.25) is 0 Å². The number of aryl methyl sites for hydroxylation is 2. The number of fused-ring (bicyclic) bond motifs is 4. The number of alkyl halides is 2. The summed E-state index contributed by atoms with van der Waals surface area (Å²) in [5.74, 6) is -1.76. The summed E-state index contributed by atoms with van der Waals surface area (Å²) in [6.45, 7) is 5.97. The molecule has 0 bridgehead atoms. The monoisotopic (exact) mass is 450 g/mol. The van der Waals surface area contributed by atoms with Crippen LogP contribution < -0.4 is 0 Å². The highest BCUT2D eigenvalue weighted by Crippen LogP contribution is 2.69. The fourth-order valence-corrected chi connectivity index (χ4v) is 7.81. The van der Waals surface area contributed by atoms with E-state index < -0.39 is 16.9 Å². The summed E-state index contributed by atoms with van der Waals surface area (Å²) in [6.07, 6.45) is 10.9. The van der Waals surface area contributed by atoms with Gasteiger partial charge in [0, 0.05) is 17.8 Å². The number of terminal acetylenes is 1. The Balaban J connectivity index is 1.73. The van der Waals surface area contributed by atoms with Crippen molar-refractivity contribution in [1.82, 2.24) is 0 Å². The number of hydrogen-bond donors (Lipinski definition) is 1. The molecule has 174 valence electrons. The molecule has 4 aliphatic carbocycles. The number of carbonyl (C=O) groups is 1. The van der Waals surface area contributed by atoms with Crippen molar-refractivity contribution in [1.29, 1.82) is 0 Å². The highest BCUT2D eigenvalue weighted by atomic mass is 19.3. The molecule has 1 aromatic rings. The maximum atomic E-state index is 15.1. The van der Waals surface area contributed by atoms with E-state index in [4.69, 9.17) is 6.42 Å². The summed E-state index contributed by atoms with van der Waals surface area (Å²) in [7, 11) is 0. The van der Waals surface area contributed by atoms with Gasteiger partial charge in [-0.05, 0) is 92.9 Å². The molecule has 33 heavy (non-hydrogen) atoms. The number of benzene rings is 1. The zero-order valence-electron chi connectivity index (χ0n) is 19.7. The third-order valence-electron chi connectivity index (χ3n) is 9.23. The van der Waals surface area contributed by atoms with Crippen LogP contribution in [0.25, 0.3) is 0 Å². The topological polar surface area (TPSA) is 37.3 Å². The Hall–Kier alpha value is -2.25. The lowest BCUT2D eigenvalue weighted by Crippen LogP contribution is -2.60. The number of halogens is 2. The molecule has 5 atom stereocenters. The van der Waals surface area contributed by atoms with Crippen LogP contribution in [-0.2, 0) is 4.79 Å². The molecule has 0 spiro atoms. The second-order valence-corrected chi connectivity index (χ2v) is 11.0. The lowest BCUT2D eigenvalue weighted by Gasteiger charge is -2.55. The fourth-order valence-electron chi connectivity index (χ4n) is 7.81. The number of hydrogen-bond acceptors (Lipinski definition) is 2. The van der Waals surface area contributed by atoms with Gasteiger partial charge in [0.15, 0.2) is 5.78 Å². The minimum atomic E-state index is -3.58. The molecule has 2 saturated carbocycles. The average Bonchev–Trinajstić information content (AvgIpc) is 3.04. The van der Waals surface area contributed by atoms with Gasteiger partial charge in [0.25, 0.3) is 0 Å². The van der Waals surface area contributed by atoms with E-state index in [1.165, 1.54) is 11.1 Å². The molecule has 0 aromatic heterocycles. The number of ketones is 1. The van der Waals surface area contributed by atoms with Crippen molar-refractivity contribution in [3.63, 3.8) is 0 Å². The van der Waals surface area contributed by atoms with Gasteiger partial charge in [0.1, 0.15) is 5.60 Å².